The van der Waals surface area contributed by atoms with E-state index in [9.17, 15) is 14.7 Å². The van der Waals surface area contributed by atoms with Gasteiger partial charge in [-0.1, -0.05) is 65.4 Å². The molecular weight excluding hydrogens is 657 g/mol. The van der Waals surface area contributed by atoms with Gasteiger partial charge in [-0.2, -0.15) is 0 Å². The second-order valence-electron chi connectivity index (χ2n) is 9.76. The smallest absolute Gasteiger partial charge is 0.301 e. The molecule has 0 radical (unpaired) electrons. The lowest BCUT2D eigenvalue weighted by atomic mass is 9.95. The van der Waals surface area contributed by atoms with E-state index in [0.29, 0.717) is 61.7 Å². The number of hydrogen-bond donors (Lipinski definition) is 1. The molecule has 1 aliphatic heterocycles. The molecule has 1 aromatic heterocycles. The number of benzene rings is 3. The van der Waals surface area contributed by atoms with Crippen molar-refractivity contribution < 1.29 is 28.9 Å². The van der Waals surface area contributed by atoms with Gasteiger partial charge in [0.2, 0.25) is 5.13 Å². The van der Waals surface area contributed by atoms with E-state index >= 15 is 0 Å². The molecule has 1 aliphatic rings. The average molecular weight is 687 g/mol. The maximum Gasteiger partial charge on any atom is 0.301 e. The molecule has 0 spiro atoms. The fourth-order valence-corrected chi connectivity index (χ4v) is 7.11. The molecule has 2 heterocycles. The van der Waals surface area contributed by atoms with E-state index in [4.69, 9.17) is 37.4 Å². The fraction of sp³-hybridized carbons (Fsp3) is 0.250. The number of carbonyl (C=O) groups is 2. The van der Waals surface area contributed by atoms with Gasteiger partial charge in [-0.3, -0.25) is 14.5 Å². The lowest BCUT2D eigenvalue weighted by Gasteiger charge is -2.23. The van der Waals surface area contributed by atoms with Gasteiger partial charge >= 0.3 is 5.91 Å². The SMILES string of the molecule is CCCOc1ccc(C2C(=C(O)c3ccc(OC)cc3)C(=O)C(=O)N2c2nnc(SCc3ccc(Cl)cc3Cl)s2)cc1OCC. The van der Waals surface area contributed by atoms with Crippen LogP contribution in [0, 0.1) is 0 Å². The molecule has 0 saturated carbocycles. The molecule has 234 valence electrons. The van der Waals surface area contributed by atoms with E-state index in [1.807, 2.05) is 19.9 Å². The van der Waals surface area contributed by atoms with E-state index in [1.165, 1.54) is 23.8 Å². The van der Waals surface area contributed by atoms with Crippen molar-refractivity contribution in [3.05, 3.63) is 93.0 Å². The zero-order chi connectivity index (χ0) is 32.1. The molecule has 1 N–H and O–H groups in total. The van der Waals surface area contributed by atoms with Crippen molar-refractivity contribution in [2.24, 2.45) is 0 Å². The summed E-state index contributed by atoms with van der Waals surface area (Å²) in [4.78, 5) is 28.6. The molecule has 1 atom stereocenters. The first-order chi connectivity index (χ1) is 21.7. The predicted octanol–water partition coefficient (Wildman–Crippen LogP) is 7.96. The molecule has 0 bridgehead atoms. The third-order valence-corrected chi connectivity index (χ3v) is 9.51. The van der Waals surface area contributed by atoms with E-state index < -0.39 is 17.7 Å². The van der Waals surface area contributed by atoms with Crippen LogP contribution in [0.15, 0.2) is 70.6 Å². The lowest BCUT2D eigenvalue weighted by Crippen LogP contribution is -2.29. The number of Topliss-reactive ketones (excluding diaryl/α,β-unsaturated/α-hetero) is 1. The van der Waals surface area contributed by atoms with Crippen LogP contribution in [0.2, 0.25) is 10.0 Å². The van der Waals surface area contributed by atoms with Crippen LogP contribution in [0.3, 0.4) is 0 Å². The van der Waals surface area contributed by atoms with Gasteiger partial charge in [0.05, 0.1) is 31.9 Å². The van der Waals surface area contributed by atoms with Crippen LogP contribution in [-0.4, -0.2) is 47.3 Å². The number of rotatable bonds is 12. The van der Waals surface area contributed by atoms with E-state index in [1.54, 1.807) is 54.6 Å². The molecule has 1 saturated heterocycles. The number of ether oxygens (including phenoxy) is 3. The quantitative estimate of drug-likeness (QED) is 0.0522. The summed E-state index contributed by atoms with van der Waals surface area (Å²) in [6.45, 7) is 4.71. The van der Waals surface area contributed by atoms with E-state index in [2.05, 4.69) is 10.2 Å². The van der Waals surface area contributed by atoms with Gasteiger partial charge in [-0.05, 0) is 73.0 Å². The fourth-order valence-electron chi connectivity index (χ4n) is 4.68. The van der Waals surface area contributed by atoms with Gasteiger partial charge < -0.3 is 19.3 Å². The third-order valence-electron chi connectivity index (χ3n) is 6.82. The Morgan fingerprint density at radius 2 is 1.78 bits per heavy atom. The number of methoxy groups -OCH3 is 1. The largest absolute Gasteiger partial charge is 0.507 e. The maximum atomic E-state index is 13.7. The van der Waals surface area contributed by atoms with E-state index in [-0.39, 0.29) is 16.5 Å². The highest BCUT2D eigenvalue weighted by Crippen LogP contribution is 2.46. The van der Waals surface area contributed by atoms with Gasteiger partial charge in [-0.15, -0.1) is 10.2 Å². The minimum Gasteiger partial charge on any atom is -0.507 e. The maximum absolute atomic E-state index is 13.7. The summed E-state index contributed by atoms with van der Waals surface area (Å²) in [6.07, 6.45) is 0.803. The van der Waals surface area contributed by atoms with Crippen molar-refractivity contribution in [1.82, 2.24) is 10.2 Å². The van der Waals surface area contributed by atoms with Gasteiger partial charge in [0, 0.05) is 21.4 Å². The zero-order valence-corrected chi connectivity index (χ0v) is 27.7. The molecule has 9 nitrogen and oxygen atoms in total. The molecular formula is C32H29Cl2N3O6S2. The highest BCUT2D eigenvalue weighted by atomic mass is 35.5. The Morgan fingerprint density at radius 1 is 1.00 bits per heavy atom. The molecule has 1 fully saturated rings. The first-order valence-corrected chi connectivity index (χ1v) is 16.6. The van der Waals surface area contributed by atoms with Crippen molar-refractivity contribution >= 4 is 68.9 Å². The van der Waals surface area contributed by atoms with Gasteiger partial charge in [0.15, 0.2) is 15.8 Å². The Morgan fingerprint density at radius 3 is 2.47 bits per heavy atom. The summed E-state index contributed by atoms with van der Waals surface area (Å²) in [5, 5.41) is 21.3. The number of amides is 1. The Hall–Kier alpha value is -3.77. The molecule has 4 aromatic rings. The van der Waals surface area contributed by atoms with Crippen molar-refractivity contribution in [2.45, 2.75) is 36.4 Å². The monoisotopic (exact) mass is 685 g/mol. The number of carbonyl (C=O) groups excluding carboxylic acids is 2. The number of aliphatic hydroxyl groups is 1. The van der Waals surface area contributed by atoms with Crippen LogP contribution in [0.25, 0.3) is 5.76 Å². The number of halogens is 2. The topological polar surface area (TPSA) is 111 Å². The van der Waals surface area contributed by atoms with Gasteiger partial charge in [0.25, 0.3) is 5.78 Å². The summed E-state index contributed by atoms with van der Waals surface area (Å²) in [7, 11) is 1.53. The highest BCUT2D eigenvalue weighted by molar-refractivity contribution is 8.00. The zero-order valence-electron chi connectivity index (χ0n) is 24.6. The second-order valence-corrected chi connectivity index (χ2v) is 12.8. The van der Waals surface area contributed by atoms with Crippen LogP contribution in [0.1, 0.15) is 43.0 Å². The summed E-state index contributed by atoms with van der Waals surface area (Å²) in [5.74, 6) is 0.0246. The third kappa shape index (κ3) is 7.06. The number of anilines is 1. The first kappa shape index (κ1) is 32.6. The number of thioether (sulfide) groups is 1. The molecule has 1 unspecified atom stereocenters. The standard InChI is InChI=1S/C32H29Cl2N3O6S2/c1-4-14-43-24-13-9-19(15-25(24)42-5-2)27-26(28(38)18-7-11-22(41-3)12-8-18)29(39)30(40)37(27)31-35-36-32(45-31)44-17-20-6-10-21(33)16-23(20)34/h6-13,15-16,27,38H,4-5,14,17H2,1-3H3. The van der Waals surface area contributed by atoms with Crippen molar-refractivity contribution in [3.63, 3.8) is 0 Å². The normalized spacial score (nSPS) is 15.8. The Bertz CT molecular complexity index is 1750. The molecule has 3 aromatic carbocycles. The summed E-state index contributed by atoms with van der Waals surface area (Å²) in [5.41, 5.74) is 1.64. The lowest BCUT2D eigenvalue weighted by molar-refractivity contribution is -0.132. The van der Waals surface area contributed by atoms with Gasteiger partial charge in [-0.25, -0.2) is 0 Å². The minimum absolute atomic E-state index is 0.0906. The summed E-state index contributed by atoms with van der Waals surface area (Å²) in [6, 6.07) is 16.0. The Balaban J connectivity index is 1.57. The van der Waals surface area contributed by atoms with Crippen LogP contribution in [0.4, 0.5) is 5.13 Å². The second kappa shape index (κ2) is 14.6. The first-order valence-electron chi connectivity index (χ1n) is 14.0. The molecule has 13 heteroatoms. The van der Waals surface area contributed by atoms with Crippen LogP contribution in [-0.2, 0) is 15.3 Å². The van der Waals surface area contributed by atoms with E-state index in [0.717, 1.165) is 23.3 Å². The molecule has 1 amide bonds. The van der Waals surface area contributed by atoms with Crippen LogP contribution < -0.4 is 19.1 Å². The Kier molecular flexibility index (Phi) is 10.5. The van der Waals surface area contributed by atoms with Crippen molar-refractivity contribution in [3.8, 4) is 17.2 Å². The number of aromatic nitrogens is 2. The number of ketones is 1. The summed E-state index contributed by atoms with van der Waals surface area (Å²) >= 11 is 14.9. The molecule has 5 rings (SSSR count). The van der Waals surface area contributed by atoms with Gasteiger partial charge in [0.1, 0.15) is 11.5 Å². The average Bonchev–Trinajstić information content (AvgIpc) is 3.61. The number of aliphatic hydroxyl groups excluding tert-OH is 1. The minimum atomic E-state index is -1.02. The number of nitrogens with zero attached hydrogens (tertiary/aromatic N) is 3. The van der Waals surface area contributed by atoms with Crippen molar-refractivity contribution in [2.75, 3.05) is 25.2 Å². The van der Waals surface area contributed by atoms with Crippen LogP contribution >= 0.6 is 46.3 Å². The summed E-state index contributed by atoms with van der Waals surface area (Å²) < 4.78 is 17.5. The predicted molar refractivity (Wildman–Crippen MR) is 177 cm³/mol. The Labute approximate surface area is 278 Å². The molecule has 45 heavy (non-hydrogen) atoms. The molecule has 0 aliphatic carbocycles. The van der Waals surface area contributed by atoms with Crippen LogP contribution in [0.5, 0.6) is 17.2 Å². The number of hydrogen-bond acceptors (Lipinski definition) is 10. The van der Waals surface area contributed by atoms with Crippen molar-refractivity contribution in [1.29, 1.82) is 0 Å². The highest BCUT2D eigenvalue weighted by Gasteiger charge is 2.48.